The summed E-state index contributed by atoms with van der Waals surface area (Å²) in [6, 6.07) is 11.1. The number of carboxylic acid groups (broad SMARTS) is 2. The predicted molar refractivity (Wildman–Crippen MR) is 71.6 cm³/mol. The Bertz CT molecular complexity index is 658. The van der Waals surface area contributed by atoms with Gasteiger partial charge in [-0.1, -0.05) is 23.8 Å². The summed E-state index contributed by atoms with van der Waals surface area (Å²) in [5, 5.41) is 18.2. The molecule has 0 aliphatic heterocycles. The molecule has 0 fully saturated rings. The van der Waals surface area contributed by atoms with Crippen LogP contribution in [0.4, 0.5) is 0 Å². The molecule has 0 saturated heterocycles. The van der Waals surface area contributed by atoms with Crippen LogP contribution in [0, 0.1) is 6.92 Å². The van der Waals surface area contributed by atoms with Crippen molar-refractivity contribution in [2.75, 3.05) is 0 Å². The van der Waals surface area contributed by atoms with E-state index < -0.39 is 11.9 Å². The monoisotopic (exact) mass is 272 g/mol. The molecule has 0 radical (unpaired) electrons. The first kappa shape index (κ1) is 13.6. The van der Waals surface area contributed by atoms with E-state index in [9.17, 15) is 14.7 Å². The van der Waals surface area contributed by atoms with Crippen molar-refractivity contribution in [3.63, 3.8) is 0 Å². The van der Waals surface area contributed by atoms with Gasteiger partial charge in [-0.05, 0) is 31.2 Å². The molecule has 0 amide bonds. The molecule has 2 N–H and O–H groups in total. The Balaban J connectivity index is 2.46. The van der Waals surface area contributed by atoms with Crippen LogP contribution in [0.5, 0.6) is 11.5 Å². The highest BCUT2D eigenvalue weighted by molar-refractivity contribution is 6.03. The van der Waals surface area contributed by atoms with E-state index in [1.165, 1.54) is 18.2 Å². The van der Waals surface area contributed by atoms with E-state index in [1.807, 2.05) is 19.1 Å². The Morgan fingerprint density at radius 3 is 2.15 bits per heavy atom. The van der Waals surface area contributed by atoms with E-state index in [1.54, 1.807) is 12.1 Å². The van der Waals surface area contributed by atoms with Gasteiger partial charge >= 0.3 is 11.9 Å². The van der Waals surface area contributed by atoms with Crippen molar-refractivity contribution >= 4 is 11.9 Å². The molecule has 0 aliphatic carbocycles. The predicted octanol–water partition coefficient (Wildman–Crippen LogP) is 3.18. The van der Waals surface area contributed by atoms with Gasteiger partial charge in [-0.2, -0.15) is 0 Å². The average molecular weight is 272 g/mol. The van der Waals surface area contributed by atoms with Gasteiger partial charge in [0.05, 0.1) is 5.56 Å². The van der Waals surface area contributed by atoms with Crippen LogP contribution in [-0.2, 0) is 0 Å². The van der Waals surface area contributed by atoms with Gasteiger partial charge in [-0.3, -0.25) is 0 Å². The number of aryl methyl sites for hydroxylation is 1. The van der Waals surface area contributed by atoms with Crippen molar-refractivity contribution in [2.24, 2.45) is 0 Å². The van der Waals surface area contributed by atoms with Crippen LogP contribution >= 0.6 is 0 Å². The van der Waals surface area contributed by atoms with Crippen LogP contribution < -0.4 is 4.74 Å². The molecular weight excluding hydrogens is 260 g/mol. The first-order chi connectivity index (χ1) is 9.49. The summed E-state index contributed by atoms with van der Waals surface area (Å²) in [5.74, 6) is -2.20. The fourth-order valence-electron chi connectivity index (χ4n) is 1.75. The maximum Gasteiger partial charge on any atom is 0.340 e. The van der Waals surface area contributed by atoms with Crippen molar-refractivity contribution in [1.29, 1.82) is 0 Å². The molecule has 2 rings (SSSR count). The minimum atomic E-state index is -1.34. The van der Waals surface area contributed by atoms with Gasteiger partial charge in [-0.15, -0.1) is 0 Å². The Hall–Kier alpha value is -2.82. The Morgan fingerprint density at radius 1 is 0.950 bits per heavy atom. The van der Waals surface area contributed by atoms with E-state index in [4.69, 9.17) is 9.84 Å². The fourth-order valence-corrected chi connectivity index (χ4v) is 1.75. The molecule has 0 heterocycles. The van der Waals surface area contributed by atoms with Gasteiger partial charge in [0.15, 0.2) is 0 Å². The third-order valence-electron chi connectivity index (χ3n) is 2.72. The number of carbonyl (C=O) groups is 2. The zero-order valence-electron chi connectivity index (χ0n) is 10.7. The lowest BCUT2D eigenvalue weighted by Gasteiger charge is -2.10. The molecule has 102 valence electrons. The lowest BCUT2D eigenvalue weighted by molar-refractivity contribution is 0.0649. The molecular formula is C15H12O5. The Labute approximate surface area is 115 Å². The van der Waals surface area contributed by atoms with Crippen LogP contribution in [-0.4, -0.2) is 22.2 Å². The van der Waals surface area contributed by atoms with Crippen molar-refractivity contribution in [3.05, 3.63) is 59.2 Å². The number of benzene rings is 2. The van der Waals surface area contributed by atoms with Crippen LogP contribution in [0.1, 0.15) is 26.3 Å². The van der Waals surface area contributed by atoms with Gasteiger partial charge in [0, 0.05) is 0 Å². The van der Waals surface area contributed by atoms with Gasteiger partial charge in [0.2, 0.25) is 0 Å². The molecule has 0 atom stereocenters. The van der Waals surface area contributed by atoms with Crippen LogP contribution in [0.25, 0.3) is 0 Å². The van der Waals surface area contributed by atoms with Crippen LogP contribution in [0.15, 0.2) is 42.5 Å². The smallest absolute Gasteiger partial charge is 0.340 e. The molecule has 0 bridgehead atoms. The topological polar surface area (TPSA) is 83.8 Å². The average Bonchev–Trinajstić information content (AvgIpc) is 2.40. The van der Waals surface area contributed by atoms with E-state index in [0.29, 0.717) is 5.75 Å². The SMILES string of the molecule is Cc1ccc(Oc2cccc(C(=O)O)c2C(=O)O)cc1. The zero-order chi connectivity index (χ0) is 14.7. The fraction of sp³-hybridized carbons (Fsp3) is 0.0667. The summed E-state index contributed by atoms with van der Waals surface area (Å²) in [6.07, 6.45) is 0. The second-order valence-electron chi connectivity index (χ2n) is 4.20. The summed E-state index contributed by atoms with van der Waals surface area (Å²) >= 11 is 0. The van der Waals surface area contributed by atoms with Crippen molar-refractivity contribution < 1.29 is 24.5 Å². The Kier molecular flexibility index (Phi) is 3.70. The third-order valence-corrected chi connectivity index (χ3v) is 2.72. The molecule has 2 aromatic rings. The minimum Gasteiger partial charge on any atom is -0.478 e. The second-order valence-corrected chi connectivity index (χ2v) is 4.20. The summed E-state index contributed by atoms with van der Waals surface area (Å²) in [5.41, 5.74) is 0.373. The summed E-state index contributed by atoms with van der Waals surface area (Å²) in [6.45, 7) is 1.91. The van der Waals surface area contributed by atoms with Gasteiger partial charge < -0.3 is 14.9 Å². The first-order valence-electron chi connectivity index (χ1n) is 5.83. The van der Waals surface area contributed by atoms with E-state index in [0.717, 1.165) is 5.56 Å². The molecule has 0 aliphatic rings. The molecule has 0 saturated carbocycles. The highest BCUT2D eigenvalue weighted by Gasteiger charge is 2.21. The Morgan fingerprint density at radius 2 is 1.60 bits per heavy atom. The lowest BCUT2D eigenvalue weighted by atomic mass is 10.1. The standard InChI is InChI=1S/C15H12O5/c1-9-5-7-10(8-6-9)20-12-4-2-3-11(14(16)17)13(12)15(18)19/h2-8H,1H3,(H,16,17)(H,18,19). The van der Waals surface area contributed by atoms with Crippen LogP contribution in [0.3, 0.4) is 0 Å². The molecule has 20 heavy (non-hydrogen) atoms. The van der Waals surface area contributed by atoms with E-state index >= 15 is 0 Å². The van der Waals surface area contributed by atoms with Gasteiger partial charge in [-0.25, -0.2) is 9.59 Å². The van der Waals surface area contributed by atoms with Crippen molar-refractivity contribution in [2.45, 2.75) is 6.92 Å². The van der Waals surface area contributed by atoms with Crippen molar-refractivity contribution in [3.8, 4) is 11.5 Å². The largest absolute Gasteiger partial charge is 0.478 e. The summed E-state index contributed by atoms with van der Waals surface area (Å²) < 4.78 is 5.47. The normalized spacial score (nSPS) is 10.1. The summed E-state index contributed by atoms with van der Waals surface area (Å²) in [4.78, 5) is 22.3. The maximum atomic E-state index is 11.2. The lowest BCUT2D eigenvalue weighted by Crippen LogP contribution is -2.09. The second kappa shape index (κ2) is 5.44. The van der Waals surface area contributed by atoms with Gasteiger partial charge in [0.1, 0.15) is 17.1 Å². The summed E-state index contributed by atoms with van der Waals surface area (Å²) in [7, 11) is 0. The zero-order valence-corrected chi connectivity index (χ0v) is 10.7. The maximum absolute atomic E-state index is 11.2. The van der Waals surface area contributed by atoms with E-state index in [2.05, 4.69) is 0 Å². The number of hydrogen-bond acceptors (Lipinski definition) is 3. The number of carboxylic acids is 2. The molecule has 0 aromatic heterocycles. The highest BCUT2D eigenvalue weighted by atomic mass is 16.5. The van der Waals surface area contributed by atoms with Crippen molar-refractivity contribution in [1.82, 2.24) is 0 Å². The molecule has 5 heteroatoms. The number of hydrogen-bond donors (Lipinski definition) is 2. The number of ether oxygens (including phenoxy) is 1. The highest BCUT2D eigenvalue weighted by Crippen LogP contribution is 2.28. The van der Waals surface area contributed by atoms with E-state index in [-0.39, 0.29) is 16.9 Å². The quantitative estimate of drug-likeness (QED) is 0.893. The molecule has 0 unspecified atom stereocenters. The minimum absolute atomic E-state index is 0.00116. The number of rotatable bonds is 4. The molecule has 2 aromatic carbocycles. The molecule has 5 nitrogen and oxygen atoms in total. The number of aromatic carboxylic acids is 2. The van der Waals surface area contributed by atoms with Crippen LogP contribution in [0.2, 0.25) is 0 Å². The first-order valence-corrected chi connectivity index (χ1v) is 5.83. The third kappa shape index (κ3) is 2.77. The van der Waals surface area contributed by atoms with Gasteiger partial charge in [0.25, 0.3) is 0 Å². The molecule has 0 spiro atoms.